The second kappa shape index (κ2) is 8.83. The van der Waals surface area contributed by atoms with Crippen LogP contribution in [0.4, 0.5) is 0 Å². The van der Waals surface area contributed by atoms with E-state index in [0.29, 0.717) is 13.1 Å². The molecule has 0 radical (unpaired) electrons. The van der Waals surface area contributed by atoms with Gasteiger partial charge in [0.2, 0.25) is 11.8 Å². The number of aryl methyl sites for hydroxylation is 2. The smallest absolute Gasteiger partial charge is 0.243 e. The predicted octanol–water partition coefficient (Wildman–Crippen LogP) is 2.96. The molecule has 4 heteroatoms. The van der Waals surface area contributed by atoms with E-state index in [-0.39, 0.29) is 18.2 Å². The van der Waals surface area contributed by atoms with Crippen LogP contribution in [0.25, 0.3) is 0 Å². The summed E-state index contributed by atoms with van der Waals surface area (Å²) in [7, 11) is 0. The van der Waals surface area contributed by atoms with E-state index >= 15 is 0 Å². The highest BCUT2D eigenvalue weighted by Gasteiger charge is 2.08. The summed E-state index contributed by atoms with van der Waals surface area (Å²) in [5, 5.41) is 5.70. The molecule has 2 aromatic rings. The molecule has 4 nitrogen and oxygen atoms in total. The molecule has 0 saturated carbocycles. The zero-order valence-electron chi connectivity index (χ0n) is 14.8. The lowest BCUT2D eigenvalue weighted by atomic mass is 10.0. The summed E-state index contributed by atoms with van der Waals surface area (Å²) >= 11 is 0. The lowest BCUT2D eigenvalue weighted by Gasteiger charge is -2.11. The van der Waals surface area contributed by atoms with Crippen LogP contribution < -0.4 is 10.6 Å². The van der Waals surface area contributed by atoms with E-state index < -0.39 is 0 Å². The third kappa shape index (κ3) is 5.60. The van der Waals surface area contributed by atoms with E-state index in [2.05, 4.69) is 43.2 Å². The van der Waals surface area contributed by atoms with Crippen LogP contribution in [-0.2, 0) is 29.1 Å². The topological polar surface area (TPSA) is 58.2 Å². The number of carbonyl (C=O) groups is 2. The number of nitrogens with one attached hydrogen (secondary N) is 2. The van der Waals surface area contributed by atoms with Gasteiger partial charge in [0.15, 0.2) is 0 Å². The molecule has 0 aliphatic carbocycles. The molecule has 0 aliphatic heterocycles. The molecule has 2 amide bonds. The number of hydrogen-bond acceptors (Lipinski definition) is 2. The first-order valence-electron chi connectivity index (χ1n) is 8.29. The van der Waals surface area contributed by atoms with Crippen LogP contribution in [-0.4, -0.2) is 11.8 Å². The van der Waals surface area contributed by atoms with Crippen LogP contribution in [0.5, 0.6) is 0 Å². The summed E-state index contributed by atoms with van der Waals surface area (Å²) in [6.45, 7) is 8.46. The Hall–Kier alpha value is -2.88. The average Bonchev–Trinajstić information content (AvgIpc) is 2.61. The Labute approximate surface area is 149 Å². The van der Waals surface area contributed by atoms with E-state index in [4.69, 9.17) is 0 Å². The monoisotopic (exact) mass is 336 g/mol. The fourth-order valence-corrected chi connectivity index (χ4v) is 2.51. The standard InChI is InChI=1S/C21H24N2O2/c1-4-20(24)23-14-19-8-6-5-7-18(19)12-21(25)22-13-17-10-9-15(2)16(3)11-17/h4-11H,1,12-14H2,2-3H3,(H,22,25)(H,23,24). The van der Waals surface area contributed by atoms with Gasteiger partial charge in [-0.2, -0.15) is 0 Å². The summed E-state index contributed by atoms with van der Waals surface area (Å²) in [5.74, 6) is -0.269. The summed E-state index contributed by atoms with van der Waals surface area (Å²) in [5.41, 5.74) is 5.38. The second-order valence-electron chi connectivity index (χ2n) is 6.06. The lowest BCUT2D eigenvalue weighted by Crippen LogP contribution is -2.26. The van der Waals surface area contributed by atoms with E-state index in [1.165, 1.54) is 17.2 Å². The zero-order chi connectivity index (χ0) is 18.2. The normalized spacial score (nSPS) is 10.2. The maximum atomic E-state index is 12.3. The average molecular weight is 336 g/mol. The van der Waals surface area contributed by atoms with Crippen molar-refractivity contribution < 1.29 is 9.59 Å². The molecule has 2 aromatic carbocycles. The van der Waals surface area contributed by atoms with Crippen molar-refractivity contribution >= 4 is 11.8 Å². The third-order valence-electron chi connectivity index (χ3n) is 4.17. The van der Waals surface area contributed by atoms with Crippen LogP contribution in [0.2, 0.25) is 0 Å². The maximum Gasteiger partial charge on any atom is 0.243 e. The highest BCUT2D eigenvalue weighted by atomic mass is 16.2. The molecular formula is C21H24N2O2. The number of rotatable bonds is 7. The second-order valence-corrected chi connectivity index (χ2v) is 6.06. The van der Waals surface area contributed by atoms with Crippen molar-refractivity contribution in [2.75, 3.05) is 0 Å². The van der Waals surface area contributed by atoms with Gasteiger partial charge in [0.1, 0.15) is 0 Å². The fraction of sp³-hybridized carbons (Fsp3) is 0.238. The zero-order valence-corrected chi connectivity index (χ0v) is 14.8. The van der Waals surface area contributed by atoms with Crippen molar-refractivity contribution in [1.82, 2.24) is 10.6 Å². The molecule has 0 aromatic heterocycles. The number of carbonyl (C=O) groups excluding carboxylic acids is 2. The van der Waals surface area contributed by atoms with Crippen molar-refractivity contribution in [3.8, 4) is 0 Å². The van der Waals surface area contributed by atoms with Crippen LogP contribution in [0, 0.1) is 13.8 Å². The van der Waals surface area contributed by atoms with Gasteiger partial charge < -0.3 is 10.6 Å². The molecule has 130 valence electrons. The van der Waals surface area contributed by atoms with Crippen LogP contribution in [0.3, 0.4) is 0 Å². The molecule has 0 unspecified atom stereocenters. The van der Waals surface area contributed by atoms with Gasteiger partial charge in [-0.1, -0.05) is 49.0 Å². The number of hydrogen-bond donors (Lipinski definition) is 2. The van der Waals surface area contributed by atoms with Crippen molar-refractivity contribution in [3.05, 3.63) is 82.9 Å². The highest BCUT2D eigenvalue weighted by Crippen LogP contribution is 2.11. The minimum atomic E-state index is -0.228. The Kier molecular flexibility index (Phi) is 6.52. The van der Waals surface area contributed by atoms with Gasteiger partial charge in [0.05, 0.1) is 6.42 Å². The SMILES string of the molecule is C=CC(=O)NCc1ccccc1CC(=O)NCc1ccc(C)c(C)c1. The first-order chi connectivity index (χ1) is 12.0. The van der Waals surface area contributed by atoms with Crippen molar-refractivity contribution in [2.24, 2.45) is 0 Å². The summed E-state index contributed by atoms with van der Waals surface area (Å²) in [4.78, 5) is 23.6. The summed E-state index contributed by atoms with van der Waals surface area (Å²) in [6, 6.07) is 13.8. The molecule has 0 saturated heterocycles. The van der Waals surface area contributed by atoms with E-state index in [1.807, 2.05) is 30.3 Å². The Morgan fingerprint density at radius 3 is 2.36 bits per heavy atom. The van der Waals surface area contributed by atoms with Gasteiger partial charge in [-0.05, 0) is 47.7 Å². The van der Waals surface area contributed by atoms with Crippen molar-refractivity contribution in [2.45, 2.75) is 33.4 Å². The van der Waals surface area contributed by atoms with Crippen molar-refractivity contribution in [3.63, 3.8) is 0 Å². The summed E-state index contributed by atoms with van der Waals surface area (Å²) in [6.07, 6.45) is 1.52. The van der Waals surface area contributed by atoms with E-state index in [9.17, 15) is 9.59 Å². The minimum Gasteiger partial charge on any atom is -0.352 e. The Bertz CT molecular complexity index is 781. The predicted molar refractivity (Wildman–Crippen MR) is 100.0 cm³/mol. The Balaban J connectivity index is 1.94. The van der Waals surface area contributed by atoms with Gasteiger partial charge in [-0.25, -0.2) is 0 Å². The quantitative estimate of drug-likeness (QED) is 0.764. The van der Waals surface area contributed by atoms with E-state index in [0.717, 1.165) is 16.7 Å². The summed E-state index contributed by atoms with van der Waals surface area (Å²) < 4.78 is 0. The molecule has 0 spiro atoms. The molecule has 2 N–H and O–H groups in total. The van der Waals surface area contributed by atoms with Gasteiger partial charge >= 0.3 is 0 Å². The first-order valence-corrected chi connectivity index (χ1v) is 8.29. The molecule has 0 heterocycles. The molecule has 0 atom stereocenters. The van der Waals surface area contributed by atoms with Gasteiger partial charge in [0, 0.05) is 13.1 Å². The largest absolute Gasteiger partial charge is 0.352 e. The number of benzene rings is 2. The molecule has 0 aliphatic rings. The lowest BCUT2D eigenvalue weighted by molar-refractivity contribution is -0.120. The Morgan fingerprint density at radius 1 is 0.960 bits per heavy atom. The molecule has 2 rings (SSSR count). The van der Waals surface area contributed by atoms with Crippen LogP contribution >= 0.6 is 0 Å². The van der Waals surface area contributed by atoms with Crippen LogP contribution in [0.15, 0.2) is 55.1 Å². The van der Waals surface area contributed by atoms with Gasteiger partial charge in [-0.3, -0.25) is 9.59 Å². The Morgan fingerprint density at radius 2 is 1.68 bits per heavy atom. The first kappa shape index (κ1) is 18.5. The fourth-order valence-electron chi connectivity index (χ4n) is 2.51. The van der Waals surface area contributed by atoms with Gasteiger partial charge in [-0.15, -0.1) is 0 Å². The minimum absolute atomic E-state index is 0.0410. The van der Waals surface area contributed by atoms with E-state index in [1.54, 1.807) is 0 Å². The maximum absolute atomic E-state index is 12.3. The molecular weight excluding hydrogens is 312 g/mol. The van der Waals surface area contributed by atoms with Gasteiger partial charge in [0.25, 0.3) is 0 Å². The number of amides is 2. The molecule has 0 bridgehead atoms. The third-order valence-corrected chi connectivity index (χ3v) is 4.17. The molecule has 0 fully saturated rings. The highest BCUT2D eigenvalue weighted by molar-refractivity contribution is 5.86. The van der Waals surface area contributed by atoms with Crippen LogP contribution in [0.1, 0.15) is 27.8 Å². The molecule has 25 heavy (non-hydrogen) atoms. The van der Waals surface area contributed by atoms with Crippen molar-refractivity contribution in [1.29, 1.82) is 0 Å².